The van der Waals surface area contributed by atoms with E-state index in [-0.39, 0.29) is 5.91 Å². The maximum absolute atomic E-state index is 12.3. The Bertz CT molecular complexity index is 435. The quantitative estimate of drug-likeness (QED) is 0.845. The van der Waals surface area contributed by atoms with E-state index in [0.717, 1.165) is 25.3 Å². The predicted molar refractivity (Wildman–Crippen MR) is 71.8 cm³/mol. The van der Waals surface area contributed by atoms with Crippen LogP contribution in [0.1, 0.15) is 17.4 Å². The number of amides is 1. The third kappa shape index (κ3) is 2.61. The first-order chi connectivity index (χ1) is 8.61. The van der Waals surface area contributed by atoms with E-state index in [1.165, 1.54) is 0 Å². The lowest BCUT2D eigenvalue weighted by Gasteiger charge is -2.37. The first-order valence-electron chi connectivity index (χ1n) is 6.25. The number of rotatable bonds is 2. The third-order valence-electron chi connectivity index (χ3n) is 3.51. The maximum Gasteiger partial charge on any atom is 0.272 e. The molecule has 2 heterocycles. The Morgan fingerprint density at radius 2 is 2.28 bits per heavy atom. The second-order valence-electron chi connectivity index (χ2n) is 4.76. The van der Waals surface area contributed by atoms with Gasteiger partial charge >= 0.3 is 0 Å². The molecule has 2 rings (SSSR count). The molecule has 1 fully saturated rings. The number of hydrogen-bond acceptors (Lipinski definition) is 4. The minimum absolute atomic E-state index is 0.0204. The van der Waals surface area contributed by atoms with Crippen molar-refractivity contribution >= 4 is 11.6 Å². The van der Waals surface area contributed by atoms with Crippen molar-refractivity contribution in [1.82, 2.24) is 14.8 Å². The minimum Gasteiger partial charge on any atom is -0.388 e. The Kier molecular flexibility index (Phi) is 3.81. The van der Waals surface area contributed by atoms with E-state index in [1.54, 1.807) is 12.3 Å². The van der Waals surface area contributed by atoms with Crippen LogP contribution in [-0.4, -0.2) is 60.5 Å². The van der Waals surface area contributed by atoms with Crippen LogP contribution in [0.2, 0.25) is 0 Å². The van der Waals surface area contributed by atoms with E-state index in [4.69, 9.17) is 0 Å². The topological polar surface area (TPSA) is 48.5 Å². The molecule has 1 unspecified atom stereocenters. The number of piperazine rings is 1. The molecule has 0 radical (unpaired) electrons. The van der Waals surface area contributed by atoms with Gasteiger partial charge in [-0.25, -0.2) is 0 Å². The fraction of sp³-hybridized carbons (Fsp3) is 0.538. The van der Waals surface area contributed by atoms with Gasteiger partial charge in [-0.3, -0.25) is 9.78 Å². The average Bonchev–Trinajstić information content (AvgIpc) is 2.41. The highest BCUT2D eigenvalue weighted by Crippen LogP contribution is 2.13. The van der Waals surface area contributed by atoms with Gasteiger partial charge in [0.15, 0.2) is 0 Å². The molecule has 1 aromatic rings. The molecule has 1 N–H and O–H groups in total. The van der Waals surface area contributed by atoms with Crippen molar-refractivity contribution in [3.8, 4) is 0 Å². The van der Waals surface area contributed by atoms with Crippen molar-refractivity contribution in [3.63, 3.8) is 0 Å². The Morgan fingerprint density at radius 1 is 1.50 bits per heavy atom. The van der Waals surface area contributed by atoms with Gasteiger partial charge in [0.1, 0.15) is 5.69 Å². The van der Waals surface area contributed by atoms with Crippen LogP contribution in [0.15, 0.2) is 18.3 Å². The van der Waals surface area contributed by atoms with Crippen molar-refractivity contribution in [2.45, 2.75) is 13.0 Å². The van der Waals surface area contributed by atoms with E-state index < -0.39 is 0 Å². The van der Waals surface area contributed by atoms with E-state index in [0.29, 0.717) is 11.7 Å². The molecule has 1 atom stereocenters. The van der Waals surface area contributed by atoms with Crippen LogP contribution >= 0.6 is 0 Å². The fourth-order valence-corrected chi connectivity index (χ4v) is 2.10. The third-order valence-corrected chi connectivity index (χ3v) is 3.51. The summed E-state index contributed by atoms with van der Waals surface area (Å²) in [5.74, 6) is 0.0204. The number of nitrogens with one attached hydrogen (secondary N) is 1. The highest BCUT2D eigenvalue weighted by Gasteiger charge is 2.25. The smallest absolute Gasteiger partial charge is 0.272 e. The molecule has 1 aliphatic heterocycles. The summed E-state index contributed by atoms with van der Waals surface area (Å²) in [5.41, 5.74) is 1.43. The molecule has 1 aromatic heterocycles. The average molecular weight is 248 g/mol. The Morgan fingerprint density at radius 3 is 2.94 bits per heavy atom. The molecular formula is C13H20N4O. The second kappa shape index (κ2) is 5.35. The van der Waals surface area contributed by atoms with E-state index in [9.17, 15) is 4.79 Å². The molecular weight excluding hydrogens is 228 g/mol. The summed E-state index contributed by atoms with van der Waals surface area (Å²) in [5, 5.41) is 3.02. The van der Waals surface area contributed by atoms with E-state index >= 15 is 0 Å². The highest BCUT2D eigenvalue weighted by atomic mass is 16.2. The van der Waals surface area contributed by atoms with Crippen molar-refractivity contribution in [3.05, 3.63) is 24.0 Å². The highest BCUT2D eigenvalue weighted by molar-refractivity contribution is 5.93. The Hall–Kier alpha value is -1.62. The van der Waals surface area contributed by atoms with E-state index in [2.05, 4.69) is 29.2 Å². The number of anilines is 1. The summed E-state index contributed by atoms with van der Waals surface area (Å²) in [7, 11) is 3.92. The van der Waals surface area contributed by atoms with Crippen LogP contribution in [0.25, 0.3) is 0 Å². The molecule has 98 valence electrons. The molecule has 1 aliphatic rings. The summed E-state index contributed by atoms with van der Waals surface area (Å²) in [4.78, 5) is 20.6. The molecule has 0 saturated carbocycles. The first-order valence-corrected chi connectivity index (χ1v) is 6.25. The van der Waals surface area contributed by atoms with Crippen LogP contribution in [-0.2, 0) is 0 Å². The van der Waals surface area contributed by atoms with Gasteiger partial charge in [0.05, 0.1) is 0 Å². The standard InChI is InChI=1S/C13H20N4O/c1-10-9-17(7-6-16(10)3)13(18)12-8-11(14-2)4-5-15-12/h4-5,8,10H,6-7,9H2,1-3H3,(H,14,15). The number of carbonyl (C=O) groups excluding carboxylic acids is 1. The molecule has 18 heavy (non-hydrogen) atoms. The van der Waals surface area contributed by atoms with Crippen LogP contribution < -0.4 is 5.32 Å². The largest absolute Gasteiger partial charge is 0.388 e. The van der Waals surface area contributed by atoms with Crippen LogP contribution in [0.4, 0.5) is 5.69 Å². The molecule has 0 aliphatic carbocycles. The summed E-state index contributed by atoms with van der Waals surface area (Å²) in [6.07, 6.45) is 1.67. The molecule has 0 spiro atoms. The summed E-state index contributed by atoms with van der Waals surface area (Å²) in [6.45, 7) is 4.58. The van der Waals surface area contributed by atoms with Crippen LogP contribution in [0, 0.1) is 0 Å². The van der Waals surface area contributed by atoms with Gasteiger partial charge in [-0.05, 0) is 26.1 Å². The normalized spacial score (nSPS) is 20.8. The molecule has 5 heteroatoms. The SMILES string of the molecule is CNc1ccnc(C(=O)N2CCN(C)C(C)C2)c1. The van der Waals surface area contributed by atoms with E-state index in [1.807, 2.05) is 18.0 Å². The van der Waals surface area contributed by atoms with Crippen molar-refractivity contribution in [1.29, 1.82) is 0 Å². The molecule has 1 amide bonds. The zero-order chi connectivity index (χ0) is 13.1. The molecule has 0 bridgehead atoms. The molecule has 5 nitrogen and oxygen atoms in total. The minimum atomic E-state index is 0.0204. The number of nitrogens with zero attached hydrogens (tertiary/aromatic N) is 3. The Balaban J connectivity index is 2.11. The van der Waals surface area contributed by atoms with Gasteiger partial charge in [0, 0.05) is 44.6 Å². The second-order valence-corrected chi connectivity index (χ2v) is 4.76. The number of carbonyl (C=O) groups is 1. The van der Waals surface area contributed by atoms with Gasteiger partial charge in [-0.1, -0.05) is 0 Å². The van der Waals surface area contributed by atoms with Crippen LogP contribution in [0.5, 0.6) is 0 Å². The zero-order valence-electron chi connectivity index (χ0n) is 11.2. The monoisotopic (exact) mass is 248 g/mol. The first kappa shape index (κ1) is 12.8. The summed E-state index contributed by atoms with van der Waals surface area (Å²) in [6, 6.07) is 4.05. The number of hydrogen-bond donors (Lipinski definition) is 1. The lowest BCUT2D eigenvalue weighted by atomic mass is 10.2. The number of likely N-dealkylation sites (N-methyl/N-ethyl adjacent to an activating group) is 1. The zero-order valence-corrected chi connectivity index (χ0v) is 11.2. The van der Waals surface area contributed by atoms with Gasteiger partial charge in [0.25, 0.3) is 5.91 Å². The van der Waals surface area contributed by atoms with Crippen molar-refractivity contribution < 1.29 is 4.79 Å². The van der Waals surface area contributed by atoms with Crippen molar-refractivity contribution in [2.24, 2.45) is 0 Å². The predicted octanol–water partition coefficient (Wildman–Crippen LogP) is 0.899. The Labute approximate surface area is 108 Å². The number of pyridine rings is 1. The summed E-state index contributed by atoms with van der Waals surface area (Å²) < 4.78 is 0. The maximum atomic E-state index is 12.3. The summed E-state index contributed by atoms with van der Waals surface area (Å²) >= 11 is 0. The fourth-order valence-electron chi connectivity index (χ4n) is 2.10. The lowest BCUT2D eigenvalue weighted by molar-refractivity contribution is 0.0567. The van der Waals surface area contributed by atoms with Gasteiger partial charge in [0.2, 0.25) is 0 Å². The van der Waals surface area contributed by atoms with Gasteiger partial charge in [-0.2, -0.15) is 0 Å². The molecule has 1 saturated heterocycles. The number of aromatic nitrogens is 1. The lowest BCUT2D eigenvalue weighted by Crippen LogP contribution is -2.52. The molecule has 0 aromatic carbocycles. The van der Waals surface area contributed by atoms with Crippen LogP contribution in [0.3, 0.4) is 0 Å². The van der Waals surface area contributed by atoms with Gasteiger partial charge in [-0.15, -0.1) is 0 Å². The van der Waals surface area contributed by atoms with Gasteiger partial charge < -0.3 is 15.1 Å². The van der Waals surface area contributed by atoms with Crippen molar-refractivity contribution in [2.75, 3.05) is 39.0 Å².